The maximum atomic E-state index is 14.1. The van der Waals surface area contributed by atoms with E-state index in [2.05, 4.69) is 30.6 Å². The Hall–Kier alpha value is -4.35. The number of aliphatic hydroxyl groups excluding tert-OH is 1. The van der Waals surface area contributed by atoms with Gasteiger partial charge in [-0.25, -0.2) is 14.6 Å². The topological polar surface area (TPSA) is 130 Å². The molecular weight excluding hydrogens is 471 g/mol. The first-order chi connectivity index (χ1) is 16.4. The Bertz CT molecular complexity index is 1520. The average Bonchev–Trinajstić information content (AvgIpc) is 3.58. The second-order valence-electron chi connectivity index (χ2n) is 6.90. The minimum Gasteiger partial charge on any atom is -0.369 e. The Labute approximate surface area is 192 Å². The van der Waals surface area contributed by atoms with Crippen LogP contribution in [0.3, 0.4) is 0 Å². The first kappa shape index (κ1) is 21.5. The van der Waals surface area contributed by atoms with Gasteiger partial charge in [0.25, 0.3) is 0 Å². The largest absolute Gasteiger partial charge is 0.433 e. The van der Waals surface area contributed by atoms with Crippen LogP contribution in [0.5, 0.6) is 0 Å². The highest BCUT2D eigenvalue weighted by Gasteiger charge is 2.41. The van der Waals surface area contributed by atoms with Crippen molar-refractivity contribution in [2.75, 3.05) is 5.32 Å². The number of aromatic nitrogens is 7. The molecular formula is C20H12F3N9OS. The predicted octanol–water partition coefficient (Wildman–Crippen LogP) is 3.45. The number of nitrogens with one attached hydrogen (secondary N) is 1. The SMILES string of the molecule is N#Cc1cc(NC(O)c2cnn(-c3nccc4sccc34)c2C(F)(F)F)cnc1-n1nccn1. The molecule has 0 fully saturated rings. The van der Waals surface area contributed by atoms with Crippen molar-refractivity contribution < 1.29 is 18.3 Å². The molecule has 0 aliphatic rings. The van der Waals surface area contributed by atoms with E-state index in [0.717, 1.165) is 15.7 Å². The van der Waals surface area contributed by atoms with E-state index in [4.69, 9.17) is 0 Å². The first-order valence-electron chi connectivity index (χ1n) is 9.56. The minimum atomic E-state index is -4.85. The molecule has 5 aromatic rings. The van der Waals surface area contributed by atoms with Crippen LogP contribution in [0.15, 0.2) is 54.6 Å². The average molecular weight is 483 g/mol. The molecule has 0 aromatic carbocycles. The van der Waals surface area contributed by atoms with Crippen molar-refractivity contribution in [3.05, 3.63) is 71.4 Å². The number of nitriles is 1. The van der Waals surface area contributed by atoms with E-state index < -0.39 is 23.7 Å². The van der Waals surface area contributed by atoms with E-state index >= 15 is 0 Å². The first-order valence-corrected chi connectivity index (χ1v) is 10.4. The Kier molecular flexibility index (Phi) is 5.19. The molecule has 5 rings (SSSR count). The fraction of sp³-hybridized carbons (Fsp3) is 0.100. The molecule has 1 atom stereocenters. The molecule has 0 aliphatic heterocycles. The number of fused-ring (bicyclic) bond motifs is 1. The van der Waals surface area contributed by atoms with Crippen molar-refractivity contribution in [2.45, 2.75) is 12.4 Å². The number of nitrogens with zero attached hydrogens (tertiary/aromatic N) is 8. The zero-order valence-electron chi connectivity index (χ0n) is 16.8. The second kappa shape index (κ2) is 8.21. The third-order valence-electron chi connectivity index (χ3n) is 4.82. The minimum absolute atomic E-state index is 0.00552. The second-order valence-corrected chi connectivity index (χ2v) is 7.85. The lowest BCUT2D eigenvalue weighted by molar-refractivity contribution is -0.144. The maximum Gasteiger partial charge on any atom is 0.433 e. The van der Waals surface area contributed by atoms with Crippen LogP contribution < -0.4 is 5.32 Å². The number of rotatable bonds is 5. The van der Waals surface area contributed by atoms with Crippen molar-refractivity contribution in [1.82, 2.24) is 34.7 Å². The van der Waals surface area contributed by atoms with E-state index in [0.29, 0.717) is 10.1 Å². The summed E-state index contributed by atoms with van der Waals surface area (Å²) in [5.74, 6) is 0.125. The summed E-state index contributed by atoms with van der Waals surface area (Å²) in [7, 11) is 0. The summed E-state index contributed by atoms with van der Waals surface area (Å²) >= 11 is 1.36. The van der Waals surface area contributed by atoms with E-state index in [1.807, 2.05) is 6.07 Å². The number of hydrogen-bond acceptors (Lipinski definition) is 9. The molecule has 34 heavy (non-hydrogen) atoms. The molecule has 5 aromatic heterocycles. The number of aliphatic hydroxyl groups is 1. The van der Waals surface area contributed by atoms with Gasteiger partial charge in [0, 0.05) is 16.3 Å². The van der Waals surface area contributed by atoms with Gasteiger partial charge in [0.1, 0.15) is 11.6 Å². The van der Waals surface area contributed by atoms with E-state index in [1.165, 1.54) is 42.2 Å². The number of anilines is 1. The zero-order valence-corrected chi connectivity index (χ0v) is 17.7. The molecule has 1 unspecified atom stereocenters. The van der Waals surface area contributed by atoms with E-state index in [-0.39, 0.29) is 22.9 Å². The molecule has 5 heterocycles. The molecule has 170 valence electrons. The summed E-state index contributed by atoms with van der Waals surface area (Å²) in [6.07, 6.45) is -0.285. The Morgan fingerprint density at radius 1 is 1.06 bits per heavy atom. The molecule has 0 bridgehead atoms. The van der Waals surface area contributed by atoms with Crippen molar-refractivity contribution in [3.63, 3.8) is 0 Å². The lowest BCUT2D eigenvalue weighted by Crippen LogP contribution is -2.20. The van der Waals surface area contributed by atoms with Gasteiger partial charge in [0.05, 0.1) is 36.0 Å². The van der Waals surface area contributed by atoms with Gasteiger partial charge in [-0.3, -0.25) is 0 Å². The third kappa shape index (κ3) is 3.72. The normalized spacial score (nSPS) is 12.6. The van der Waals surface area contributed by atoms with Gasteiger partial charge in [-0.05, 0) is 23.6 Å². The maximum absolute atomic E-state index is 14.1. The number of alkyl halides is 3. The van der Waals surface area contributed by atoms with Crippen molar-refractivity contribution >= 4 is 27.1 Å². The number of hydrogen-bond donors (Lipinski definition) is 2. The van der Waals surface area contributed by atoms with Crippen LogP contribution in [0.4, 0.5) is 18.9 Å². The quantitative estimate of drug-likeness (QED) is 0.364. The van der Waals surface area contributed by atoms with Gasteiger partial charge in [-0.2, -0.15) is 33.7 Å². The van der Waals surface area contributed by atoms with Crippen molar-refractivity contribution in [2.24, 2.45) is 0 Å². The molecule has 0 spiro atoms. The summed E-state index contributed by atoms with van der Waals surface area (Å²) in [5.41, 5.74) is -1.53. The Morgan fingerprint density at radius 2 is 1.85 bits per heavy atom. The Balaban J connectivity index is 1.52. The van der Waals surface area contributed by atoms with Gasteiger partial charge in [-0.15, -0.1) is 16.1 Å². The smallest absolute Gasteiger partial charge is 0.369 e. The zero-order chi connectivity index (χ0) is 23.9. The Morgan fingerprint density at radius 3 is 2.59 bits per heavy atom. The van der Waals surface area contributed by atoms with Crippen LogP contribution in [0, 0.1) is 11.3 Å². The fourth-order valence-corrected chi connectivity index (χ4v) is 4.17. The summed E-state index contributed by atoms with van der Waals surface area (Å²) in [4.78, 5) is 9.29. The van der Waals surface area contributed by atoms with E-state index in [9.17, 15) is 23.5 Å². The van der Waals surface area contributed by atoms with Crippen LogP contribution in [-0.4, -0.2) is 39.8 Å². The summed E-state index contributed by atoms with van der Waals surface area (Å²) in [6, 6.07) is 6.59. The lowest BCUT2D eigenvalue weighted by Gasteiger charge is -2.17. The molecule has 0 radical (unpaired) electrons. The van der Waals surface area contributed by atoms with Gasteiger partial charge in [0.15, 0.2) is 23.6 Å². The van der Waals surface area contributed by atoms with Crippen molar-refractivity contribution in [3.8, 4) is 17.7 Å². The lowest BCUT2D eigenvalue weighted by atomic mass is 10.2. The summed E-state index contributed by atoms with van der Waals surface area (Å²) in [5, 5.41) is 36.5. The highest BCUT2D eigenvalue weighted by Crippen LogP contribution is 2.37. The van der Waals surface area contributed by atoms with E-state index in [1.54, 1.807) is 17.5 Å². The van der Waals surface area contributed by atoms with Crippen molar-refractivity contribution in [1.29, 1.82) is 5.26 Å². The highest BCUT2D eigenvalue weighted by molar-refractivity contribution is 7.17. The molecule has 10 nitrogen and oxygen atoms in total. The van der Waals surface area contributed by atoms with Gasteiger partial charge < -0.3 is 10.4 Å². The van der Waals surface area contributed by atoms with Gasteiger partial charge in [0.2, 0.25) is 0 Å². The van der Waals surface area contributed by atoms with Crippen LogP contribution in [0.2, 0.25) is 0 Å². The van der Waals surface area contributed by atoms with Crippen LogP contribution >= 0.6 is 11.3 Å². The number of halogens is 3. The standard InChI is InChI=1S/C20H12F3N9OS/c21-20(22,23)16-14(10-29-31(16)18-13-2-6-34-15(13)1-3-25-18)19(33)30-12-7-11(8-24)17(26-9-12)32-27-4-5-28-32/h1-7,9-10,19,30,33H. The molecule has 0 saturated carbocycles. The molecule has 0 amide bonds. The fourth-order valence-electron chi connectivity index (χ4n) is 3.39. The van der Waals surface area contributed by atoms with Crippen LogP contribution in [0.25, 0.3) is 21.7 Å². The van der Waals surface area contributed by atoms with Gasteiger partial charge >= 0.3 is 6.18 Å². The monoisotopic (exact) mass is 483 g/mol. The molecule has 0 saturated heterocycles. The summed E-state index contributed by atoms with van der Waals surface area (Å²) < 4.78 is 43.7. The number of thiophene rings is 1. The predicted molar refractivity (Wildman–Crippen MR) is 114 cm³/mol. The molecule has 14 heteroatoms. The summed E-state index contributed by atoms with van der Waals surface area (Å²) in [6.45, 7) is 0. The molecule has 0 aliphatic carbocycles. The highest BCUT2D eigenvalue weighted by atomic mass is 32.1. The third-order valence-corrected chi connectivity index (χ3v) is 5.70. The van der Waals surface area contributed by atoms with Gasteiger partial charge in [-0.1, -0.05) is 0 Å². The number of pyridine rings is 2. The molecule has 2 N–H and O–H groups in total. The van der Waals surface area contributed by atoms with Crippen LogP contribution in [-0.2, 0) is 6.18 Å². The van der Waals surface area contributed by atoms with Crippen LogP contribution in [0.1, 0.15) is 23.0 Å².